The summed E-state index contributed by atoms with van der Waals surface area (Å²) in [6, 6.07) is 6.44. The van der Waals surface area contributed by atoms with Crippen molar-refractivity contribution in [2.45, 2.75) is 31.5 Å². The number of aromatic nitrogens is 3. The van der Waals surface area contributed by atoms with Crippen LogP contribution in [0.15, 0.2) is 47.2 Å². The second-order valence-corrected chi connectivity index (χ2v) is 6.33. The molecule has 1 amide bonds. The van der Waals surface area contributed by atoms with Crippen LogP contribution in [0.1, 0.15) is 46.1 Å². The maximum atomic E-state index is 13.2. The van der Waals surface area contributed by atoms with E-state index in [2.05, 4.69) is 15.6 Å². The van der Waals surface area contributed by atoms with Gasteiger partial charge < -0.3 is 9.84 Å². The molecule has 0 atom stereocenters. The molecule has 27 heavy (non-hydrogen) atoms. The van der Waals surface area contributed by atoms with E-state index < -0.39 is 17.6 Å². The van der Waals surface area contributed by atoms with Crippen LogP contribution in [0.5, 0.6) is 0 Å². The molecular formula is C18H15F3N4O2. The molecule has 1 fully saturated rings. The lowest BCUT2D eigenvalue weighted by molar-refractivity contribution is -0.137. The van der Waals surface area contributed by atoms with Gasteiger partial charge in [-0.2, -0.15) is 18.3 Å². The number of nitrogens with one attached hydrogen (secondary N) is 1. The molecule has 0 radical (unpaired) electrons. The molecular weight excluding hydrogens is 361 g/mol. The molecule has 9 heteroatoms. The summed E-state index contributed by atoms with van der Waals surface area (Å²) in [4.78, 5) is 12.3. The van der Waals surface area contributed by atoms with E-state index in [1.165, 1.54) is 30.5 Å². The molecule has 4 rings (SSSR count). The number of hydrogen-bond acceptors (Lipinski definition) is 4. The smallest absolute Gasteiger partial charge is 0.361 e. The Balaban J connectivity index is 1.49. The second kappa shape index (κ2) is 6.57. The fourth-order valence-corrected chi connectivity index (χ4v) is 2.84. The average Bonchev–Trinajstić information content (AvgIpc) is 3.18. The highest BCUT2D eigenvalue weighted by molar-refractivity contribution is 5.92. The maximum Gasteiger partial charge on any atom is 0.418 e. The average molecular weight is 376 g/mol. The van der Waals surface area contributed by atoms with Crippen molar-refractivity contribution in [3.63, 3.8) is 0 Å². The molecule has 1 aromatic carbocycles. The molecule has 1 aliphatic carbocycles. The number of rotatable bonds is 5. The van der Waals surface area contributed by atoms with E-state index in [9.17, 15) is 18.0 Å². The van der Waals surface area contributed by atoms with Crippen molar-refractivity contribution in [3.05, 3.63) is 65.3 Å². The van der Waals surface area contributed by atoms with Crippen LogP contribution in [-0.2, 0) is 12.7 Å². The number of hydrogen-bond donors (Lipinski definition) is 1. The van der Waals surface area contributed by atoms with Crippen molar-refractivity contribution in [3.8, 4) is 5.69 Å². The number of nitrogens with zero attached hydrogens (tertiary/aromatic N) is 3. The monoisotopic (exact) mass is 376 g/mol. The van der Waals surface area contributed by atoms with Gasteiger partial charge in [-0.15, -0.1) is 0 Å². The van der Waals surface area contributed by atoms with Gasteiger partial charge in [-0.1, -0.05) is 17.3 Å². The van der Waals surface area contributed by atoms with E-state index in [1.54, 1.807) is 6.20 Å². The third-order valence-corrected chi connectivity index (χ3v) is 4.34. The lowest BCUT2D eigenvalue weighted by Crippen LogP contribution is -2.23. The van der Waals surface area contributed by atoms with Crippen molar-refractivity contribution in [2.24, 2.45) is 0 Å². The van der Waals surface area contributed by atoms with Crippen molar-refractivity contribution >= 4 is 5.91 Å². The molecule has 1 saturated carbocycles. The largest absolute Gasteiger partial charge is 0.418 e. The first kappa shape index (κ1) is 17.3. The number of para-hydroxylation sites is 1. The zero-order valence-corrected chi connectivity index (χ0v) is 14.0. The first-order chi connectivity index (χ1) is 12.9. The Kier molecular flexibility index (Phi) is 4.21. The molecule has 2 heterocycles. The predicted octanol–water partition coefficient (Wildman–Crippen LogP) is 3.69. The lowest BCUT2D eigenvalue weighted by atomic mass is 10.2. The number of carbonyl (C=O) groups excluding carboxylic acids is 1. The van der Waals surface area contributed by atoms with E-state index in [-0.39, 0.29) is 17.9 Å². The summed E-state index contributed by atoms with van der Waals surface area (Å²) < 4.78 is 45.7. The molecule has 1 aliphatic rings. The summed E-state index contributed by atoms with van der Waals surface area (Å²) in [5.74, 6) is 0.651. The molecule has 0 saturated heterocycles. The first-order valence-corrected chi connectivity index (χ1v) is 8.37. The van der Waals surface area contributed by atoms with Gasteiger partial charge in [0.1, 0.15) is 5.76 Å². The Bertz CT molecular complexity index is 973. The Labute approximate surface area is 152 Å². The van der Waals surface area contributed by atoms with E-state index in [4.69, 9.17) is 4.52 Å². The summed E-state index contributed by atoms with van der Waals surface area (Å²) in [6.45, 7) is 0.222. The summed E-state index contributed by atoms with van der Waals surface area (Å²) in [7, 11) is 0. The van der Waals surface area contributed by atoms with Crippen molar-refractivity contribution < 1.29 is 22.5 Å². The summed E-state index contributed by atoms with van der Waals surface area (Å²) in [5.41, 5.74) is -0.137. The third-order valence-electron chi connectivity index (χ3n) is 4.34. The first-order valence-electron chi connectivity index (χ1n) is 8.37. The van der Waals surface area contributed by atoms with Crippen LogP contribution in [0.2, 0.25) is 0 Å². The van der Waals surface area contributed by atoms with Gasteiger partial charge in [0.2, 0.25) is 0 Å². The van der Waals surface area contributed by atoms with Crippen LogP contribution in [-0.4, -0.2) is 20.8 Å². The minimum absolute atomic E-state index is 0.0244. The number of amides is 1. The molecule has 0 bridgehead atoms. The summed E-state index contributed by atoms with van der Waals surface area (Å²) in [5, 5.41) is 10.4. The van der Waals surface area contributed by atoms with Crippen LogP contribution in [0, 0.1) is 0 Å². The molecule has 0 aliphatic heterocycles. The minimum atomic E-state index is -4.52. The third kappa shape index (κ3) is 3.57. The Hall–Kier alpha value is -3.10. The van der Waals surface area contributed by atoms with Crippen LogP contribution in [0.4, 0.5) is 13.2 Å². The van der Waals surface area contributed by atoms with Gasteiger partial charge in [0.05, 0.1) is 17.4 Å². The fraction of sp³-hybridized carbons (Fsp3) is 0.278. The molecule has 6 nitrogen and oxygen atoms in total. The highest BCUT2D eigenvalue weighted by Gasteiger charge is 2.34. The predicted molar refractivity (Wildman–Crippen MR) is 88.2 cm³/mol. The van der Waals surface area contributed by atoms with Crippen LogP contribution < -0.4 is 5.32 Å². The van der Waals surface area contributed by atoms with Crippen molar-refractivity contribution in [1.82, 2.24) is 20.3 Å². The quantitative estimate of drug-likeness (QED) is 0.737. The Morgan fingerprint density at radius 1 is 1.26 bits per heavy atom. The highest BCUT2D eigenvalue weighted by atomic mass is 19.4. The molecule has 1 N–H and O–H groups in total. The second-order valence-electron chi connectivity index (χ2n) is 6.33. The molecule has 3 aromatic rings. The fourth-order valence-electron chi connectivity index (χ4n) is 2.84. The van der Waals surface area contributed by atoms with E-state index in [0.717, 1.165) is 34.9 Å². The molecule has 0 spiro atoms. The molecule has 0 unspecified atom stereocenters. The van der Waals surface area contributed by atoms with Gasteiger partial charge in [0.15, 0.2) is 5.69 Å². The van der Waals surface area contributed by atoms with Gasteiger partial charge in [-0.3, -0.25) is 4.79 Å². The van der Waals surface area contributed by atoms with Crippen LogP contribution >= 0.6 is 0 Å². The van der Waals surface area contributed by atoms with Crippen molar-refractivity contribution in [2.75, 3.05) is 0 Å². The van der Waals surface area contributed by atoms with Gasteiger partial charge in [-0.25, -0.2) is 4.68 Å². The van der Waals surface area contributed by atoms with Gasteiger partial charge in [0.25, 0.3) is 5.91 Å². The van der Waals surface area contributed by atoms with E-state index in [1.807, 2.05) is 0 Å². The normalized spacial score (nSPS) is 14.3. The minimum Gasteiger partial charge on any atom is -0.361 e. The highest BCUT2D eigenvalue weighted by Crippen LogP contribution is 2.41. The van der Waals surface area contributed by atoms with Gasteiger partial charge in [-0.05, 0) is 31.0 Å². The lowest BCUT2D eigenvalue weighted by Gasteiger charge is -2.12. The maximum absolute atomic E-state index is 13.2. The van der Waals surface area contributed by atoms with Crippen LogP contribution in [0.25, 0.3) is 5.69 Å². The van der Waals surface area contributed by atoms with Crippen LogP contribution in [0.3, 0.4) is 0 Å². The zero-order chi connectivity index (χ0) is 19.0. The van der Waals surface area contributed by atoms with Crippen molar-refractivity contribution in [1.29, 1.82) is 0 Å². The van der Waals surface area contributed by atoms with E-state index >= 15 is 0 Å². The molecule has 2 aromatic heterocycles. The Morgan fingerprint density at radius 3 is 2.78 bits per heavy atom. The standard InChI is InChI=1S/C18H15F3N4O2/c19-18(20,21)13-3-1-2-4-15(13)25-8-7-14(24-25)17(26)22-9-12-10-23-27-16(12)11-5-6-11/h1-4,7-8,10-11H,5-6,9H2,(H,22,26). The van der Waals surface area contributed by atoms with E-state index in [0.29, 0.717) is 5.92 Å². The number of alkyl halides is 3. The number of benzene rings is 1. The van der Waals surface area contributed by atoms with Gasteiger partial charge >= 0.3 is 6.18 Å². The number of carbonyl (C=O) groups is 1. The SMILES string of the molecule is O=C(NCc1cnoc1C1CC1)c1ccn(-c2ccccc2C(F)(F)F)n1. The summed E-state index contributed by atoms with van der Waals surface area (Å²) in [6.07, 6.45) is 0.456. The summed E-state index contributed by atoms with van der Waals surface area (Å²) >= 11 is 0. The Morgan fingerprint density at radius 2 is 2.04 bits per heavy atom. The number of halogens is 3. The zero-order valence-electron chi connectivity index (χ0n) is 14.0. The molecule has 140 valence electrons. The van der Waals surface area contributed by atoms with Gasteiger partial charge in [0, 0.05) is 24.2 Å². The topological polar surface area (TPSA) is 73.0 Å².